The Kier molecular flexibility index (Phi) is 5.64. The number of rotatable bonds is 4. The van der Waals surface area contributed by atoms with Crippen LogP contribution < -0.4 is 0 Å². The second-order valence-corrected chi connectivity index (χ2v) is 7.76. The number of ether oxygens (including phenoxy) is 1. The summed E-state index contributed by atoms with van der Waals surface area (Å²) in [6, 6.07) is 8.71. The number of hydrogen-bond acceptors (Lipinski definition) is 6. The van der Waals surface area contributed by atoms with E-state index < -0.39 is 0 Å². The normalized spacial score (nSPS) is 10.7. The Bertz CT molecular complexity index is 970. The Morgan fingerprint density at radius 2 is 1.88 bits per heavy atom. The van der Waals surface area contributed by atoms with Crippen molar-refractivity contribution in [2.75, 3.05) is 6.61 Å². The summed E-state index contributed by atoms with van der Waals surface area (Å²) in [4.78, 5) is 16.3. The molecule has 0 amide bonds. The van der Waals surface area contributed by atoms with Crippen molar-refractivity contribution in [2.24, 2.45) is 0 Å². The zero-order valence-electron chi connectivity index (χ0n) is 13.5. The minimum Gasteiger partial charge on any atom is -0.503 e. The highest BCUT2D eigenvalue weighted by Crippen LogP contribution is 2.46. The van der Waals surface area contributed by atoms with E-state index in [4.69, 9.17) is 4.74 Å². The van der Waals surface area contributed by atoms with Gasteiger partial charge in [-0.3, -0.25) is 0 Å². The van der Waals surface area contributed by atoms with Crippen molar-refractivity contribution in [1.29, 1.82) is 0 Å². The van der Waals surface area contributed by atoms with Crippen LogP contribution in [0.15, 0.2) is 44.7 Å². The fraction of sp³-hybridized carbons (Fsp3) is 0.111. The van der Waals surface area contributed by atoms with Crippen molar-refractivity contribution in [1.82, 2.24) is 4.98 Å². The summed E-state index contributed by atoms with van der Waals surface area (Å²) < 4.78 is 5.72. The lowest BCUT2D eigenvalue weighted by Gasteiger charge is -2.07. The maximum absolute atomic E-state index is 11.7. The van der Waals surface area contributed by atoms with E-state index in [2.05, 4.69) is 36.8 Å². The zero-order valence-corrected chi connectivity index (χ0v) is 17.5. The molecule has 2 aromatic carbocycles. The largest absolute Gasteiger partial charge is 0.503 e. The van der Waals surface area contributed by atoms with Crippen molar-refractivity contribution in [3.63, 3.8) is 0 Å². The van der Waals surface area contributed by atoms with Crippen molar-refractivity contribution in [3.05, 3.63) is 50.2 Å². The lowest BCUT2D eigenvalue weighted by atomic mass is 10.1. The molecule has 0 aliphatic rings. The number of carbonyl (C=O) groups excluding carboxylic acids is 1. The number of aromatic nitrogens is 1. The van der Waals surface area contributed by atoms with Crippen LogP contribution in [0, 0.1) is 0 Å². The smallest absolute Gasteiger partial charge is 0.338 e. The van der Waals surface area contributed by atoms with Gasteiger partial charge in [0.25, 0.3) is 0 Å². The number of hydrogen-bond donors (Lipinski definition) is 2. The molecule has 2 N–H and O–H groups in total. The quantitative estimate of drug-likeness (QED) is 0.362. The minimum absolute atomic E-state index is 0.230. The summed E-state index contributed by atoms with van der Waals surface area (Å²) in [7, 11) is 0. The molecule has 0 aliphatic heterocycles. The number of thiazole rings is 1. The summed E-state index contributed by atoms with van der Waals surface area (Å²) in [5, 5.41) is 22.3. The Morgan fingerprint density at radius 3 is 2.54 bits per heavy atom. The highest BCUT2D eigenvalue weighted by molar-refractivity contribution is 9.11. The number of benzene rings is 2. The van der Waals surface area contributed by atoms with Crippen LogP contribution >= 0.6 is 43.2 Å². The van der Waals surface area contributed by atoms with Crippen LogP contribution in [0.4, 0.5) is 0 Å². The molecule has 0 radical (unpaired) electrons. The first-order valence-electron chi connectivity index (χ1n) is 7.55. The molecule has 0 spiro atoms. The molecule has 3 rings (SSSR count). The lowest BCUT2D eigenvalue weighted by molar-refractivity contribution is 0.0526. The molecule has 0 saturated heterocycles. The molecular formula is C18H13Br2NO4S. The van der Waals surface area contributed by atoms with E-state index in [0.717, 1.165) is 11.3 Å². The predicted octanol–water partition coefficient (Wildman–Crippen LogP) is 5.59. The van der Waals surface area contributed by atoms with Gasteiger partial charge in [0.05, 0.1) is 26.8 Å². The first-order chi connectivity index (χ1) is 12.4. The molecule has 0 aliphatic carbocycles. The van der Waals surface area contributed by atoms with E-state index in [-0.39, 0.29) is 17.5 Å². The van der Waals surface area contributed by atoms with Gasteiger partial charge >= 0.3 is 5.97 Å². The fourth-order valence-corrected chi connectivity index (χ4v) is 4.17. The van der Waals surface area contributed by atoms with Crippen LogP contribution in [0.5, 0.6) is 11.5 Å². The molecule has 0 unspecified atom stereocenters. The van der Waals surface area contributed by atoms with Gasteiger partial charge in [-0.15, -0.1) is 11.3 Å². The summed E-state index contributed by atoms with van der Waals surface area (Å²) in [5.74, 6) is -0.830. The SMILES string of the molecule is CCOC(=O)c1ccc(-c2csc(-c3cc(Br)c(O)c(O)c3Br)n2)cc1. The highest BCUT2D eigenvalue weighted by Gasteiger charge is 2.18. The lowest BCUT2D eigenvalue weighted by Crippen LogP contribution is -2.03. The van der Waals surface area contributed by atoms with Crippen LogP contribution in [0.2, 0.25) is 0 Å². The van der Waals surface area contributed by atoms with Crippen LogP contribution in [-0.2, 0) is 4.74 Å². The minimum atomic E-state index is -0.355. The highest BCUT2D eigenvalue weighted by atomic mass is 79.9. The molecule has 5 nitrogen and oxygen atoms in total. The monoisotopic (exact) mass is 497 g/mol. The number of aromatic hydroxyl groups is 2. The summed E-state index contributed by atoms with van der Waals surface area (Å²) in [6.45, 7) is 2.10. The molecule has 26 heavy (non-hydrogen) atoms. The summed E-state index contributed by atoms with van der Waals surface area (Å²) >= 11 is 7.92. The number of phenols is 2. The molecule has 0 bridgehead atoms. The molecule has 134 valence electrons. The van der Waals surface area contributed by atoms with Gasteiger partial charge in [-0.25, -0.2) is 9.78 Å². The topological polar surface area (TPSA) is 79.7 Å². The molecule has 1 aromatic heterocycles. The maximum atomic E-state index is 11.7. The van der Waals surface area contributed by atoms with E-state index in [0.29, 0.717) is 31.7 Å². The van der Waals surface area contributed by atoms with Gasteiger partial charge in [0.2, 0.25) is 0 Å². The van der Waals surface area contributed by atoms with E-state index in [1.165, 1.54) is 11.3 Å². The Morgan fingerprint density at radius 1 is 1.19 bits per heavy atom. The van der Waals surface area contributed by atoms with Gasteiger partial charge in [0.15, 0.2) is 11.5 Å². The van der Waals surface area contributed by atoms with Crippen molar-refractivity contribution >= 4 is 49.2 Å². The van der Waals surface area contributed by atoms with Gasteiger partial charge in [-0.05, 0) is 57.0 Å². The second kappa shape index (κ2) is 7.77. The Labute approximate surface area is 170 Å². The van der Waals surface area contributed by atoms with Crippen LogP contribution in [0.25, 0.3) is 21.8 Å². The van der Waals surface area contributed by atoms with Crippen molar-refractivity contribution in [3.8, 4) is 33.3 Å². The molecular weight excluding hydrogens is 486 g/mol. The van der Waals surface area contributed by atoms with Crippen LogP contribution in [-0.4, -0.2) is 27.8 Å². The van der Waals surface area contributed by atoms with E-state index in [1.807, 2.05) is 17.5 Å². The standard InChI is InChI=1S/C18H13Br2NO4S/c1-2-25-18(24)10-5-3-9(4-6-10)13-8-26-17(21-13)11-7-12(19)15(22)16(23)14(11)20/h3-8,22-23H,2H2,1H3. The number of halogens is 2. The van der Waals surface area contributed by atoms with Gasteiger partial charge in [0.1, 0.15) is 5.01 Å². The number of phenolic OH excluding ortho intramolecular Hbond substituents is 2. The molecule has 0 atom stereocenters. The summed E-state index contributed by atoms with van der Waals surface area (Å²) in [6.07, 6.45) is 0. The number of carbonyl (C=O) groups is 1. The maximum Gasteiger partial charge on any atom is 0.338 e. The average molecular weight is 499 g/mol. The van der Waals surface area contributed by atoms with Crippen LogP contribution in [0.1, 0.15) is 17.3 Å². The first-order valence-corrected chi connectivity index (χ1v) is 10.0. The van der Waals surface area contributed by atoms with Gasteiger partial charge in [-0.1, -0.05) is 12.1 Å². The Balaban J connectivity index is 1.93. The third kappa shape index (κ3) is 3.62. The molecule has 0 fully saturated rings. The van der Waals surface area contributed by atoms with E-state index >= 15 is 0 Å². The van der Waals surface area contributed by atoms with Crippen molar-refractivity contribution in [2.45, 2.75) is 6.92 Å². The van der Waals surface area contributed by atoms with Gasteiger partial charge in [0, 0.05) is 16.5 Å². The molecule has 0 saturated carbocycles. The molecule has 1 heterocycles. The second-order valence-electron chi connectivity index (χ2n) is 5.25. The number of esters is 1. The number of nitrogens with zero attached hydrogens (tertiary/aromatic N) is 1. The van der Waals surface area contributed by atoms with E-state index in [9.17, 15) is 15.0 Å². The third-order valence-corrected chi connectivity index (χ3v) is 5.88. The molecule has 3 aromatic rings. The Hall–Kier alpha value is -1.90. The molecule has 8 heteroatoms. The first kappa shape index (κ1) is 18.9. The van der Waals surface area contributed by atoms with E-state index in [1.54, 1.807) is 25.1 Å². The average Bonchev–Trinajstić information content (AvgIpc) is 3.13. The zero-order chi connectivity index (χ0) is 18.8. The predicted molar refractivity (Wildman–Crippen MR) is 108 cm³/mol. The van der Waals surface area contributed by atoms with Crippen molar-refractivity contribution < 1.29 is 19.7 Å². The van der Waals surface area contributed by atoms with Crippen LogP contribution in [0.3, 0.4) is 0 Å². The van der Waals surface area contributed by atoms with Gasteiger partial charge in [-0.2, -0.15) is 0 Å². The van der Waals surface area contributed by atoms with Gasteiger partial charge < -0.3 is 14.9 Å². The summed E-state index contributed by atoms with van der Waals surface area (Å²) in [5.41, 5.74) is 2.75. The fourth-order valence-electron chi connectivity index (χ4n) is 2.28. The third-order valence-electron chi connectivity index (χ3n) is 3.59.